The summed E-state index contributed by atoms with van der Waals surface area (Å²) in [6, 6.07) is 4.26. The van der Waals surface area contributed by atoms with Crippen molar-refractivity contribution in [2.45, 2.75) is 50.2 Å². The summed E-state index contributed by atoms with van der Waals surface area (Å²) in [5.74, 6) is -0.532. The lowest BCUT2D eigenvalue weighted by molar-refractivity contribution is 0.409. The average molecular weight is 300 g/mol. The Balaban J connectivity index is 2.34. The molecule has 2 rings (SSSR count). The highest BCUT2D eigenvalue weighted by atomic mass is 32.2. The summed E-state index contributed by atoms with van der Waals surface area (Å²) in [6.45, 7) is 4.03. The smallest absolute Gasteiger partial charge is 0.243 e. The van der Waals surface area contributed by atoms with Crippen molar-refractivity contribution in [3.05, 3.63) is 29.6 Å². The van der Waals surface area contributed by atoms with Crippen LogP contribution in [-0.2, 0) is 16.6 Å². The van der Waals surface area contributed by atoms with Gasteiger partial charge < -0.3 is 5.32 Å². The van der Waals surface area contributed by atoms with E-state index in [0.717, 1.165) is 18.9 Å². The fourth-order valence-corrected chi connectivity index (χ4v) is 3.49. The Labute approximate surface area is 120 Å². The highest BCUT2D eigenvalue weighted by Gasteiger charge is 2.27. The summed E-state index contributed by atoms with van der Waals surface area (Å²) >= 11 is 0. The lowest BCUT2D eigenvalue weighted by atomic mass is 10.2. The number of hydrogen-bond donors (Lipinski definition) is 1. The molecule has 0 atom stereocenters. The highest BCUT2D eigenvalue weighted by molar-refractivity contribution is 7.89. The van der Waals surface area contributed by atoms with Crippen molar-refractivity contribution in [1.82, 2.24) is 9.62 Å². The number of benzene rings is 1. The maximum Gasteiger partial charge on any atom is 0.243 e. The normalized spacial score (nSPS) is 16.1. The van der Waals surface area contributed by atoms with E-state index < -0.39 is 15.8 Å². The lowest BCUT2D eigenvalue weighted by Crippen LogP contribution is -2.34. The first-order chi connectivity index (χ1) is 9.32. The number of nitrogens with one attached hydrogen (secondary N) is 1. The fourth-order valence-electron chi connectivity index (χ4n) is 1.89. The van der Waals surface area contributed by atoms with Crippen molar-refractivity contribution in [3.8, 4) is 0 Å². The fraction of sp³-hybridized carbons (Fsp3) is 0.571. The van der Waals surface area contributed by atoms with E-state index in [2.05, 4.69) is 5.32 Å². The molecule has 1 aliphatic rings. The Morgan fingerprint density at radius 1 is 1.40 bits per heavy atom. The molecule has 1 aromatic carbocycles. The molecule has 20 heavy (non-hydrogen) atoms. The predicted molar refractivity (Wildman–Crippen MR) is 76.3 cm³/mol. The zero-order chi connectivity index (χ0) is 14.9. The SMILES string of the molecule is CC(C)N(C)S(=O)(=O)c1cc(F)ccc1CNC1CC1. The summed E-state index contributed by atoms with van der Waals surface area (Å²) in [5.41, 5.74) is 0.616. The maximum atomic E-state index is 13.4. The van der Waals surface area contributed by atoms with Crippen LogP contribution < -0.4 is 5.32 Å². The molecule has 0 radical (unpaired) electrons. The predicted octanol–water partition coefficient (Wildman–Crippen LogP) is 2.11. The minimum absolute atomic E-state index is 0.0573. The van der Waals surface area contributed by atoms with Crippen molar-refractivity contribution < 1.29 is 12.8 Å². The van der Waals surface area contributed by atoms with Crippen LogP contribution in [0.15, 0.2) is 23.1 Å². The molecule has 1 aliphatic carbocycles. The molecule has 0 amide bonds. The molecule has 1 fully saturated rings. The molecule has 0 saturated heterocycles. The van der Waals surface area contributed by atoms with Gasteiger partial charge in [-0.2, -0.15) is 4.31 Å². The molecule has 0 aromatic heterocycles. The number of nitrogens with zero attached hydrogens (tertiary/aromatic N) is 1. The Morgan fingerprint density at radius 2 is 2.05 bits per heavy atom. The van der Waals surface area contributed by atoms with Crippen LogP contribution in [0.4, 0.5) is 4.39 Å². The van der Waals surface area contributed by atoms with Gasteiger partial charge in [0, 0.05) is 25.7 Å². The minimum Gasteiger partial charge on any atom is -0.310 e. The molecule has 0 aliphatic heterocycles. The second kappa shape index (κ2) is 5.79. The van der Waals surface area contributed by atoms with Gasteiger partial charge in [0.1, 0.15) is 5.82 Å². The Morgan fingerprint density at radius 3 is 2.60 bits per heavy atom. The number of rotatable bonds is 6. The number of sulfonamides is 1. The van der Waals surface area contributed by atoms with Gasteiger partial charge in [0.05, 0.1) is 4.90 Å². The largest absolute Gasteiger partial charge is 0.310 e. The van der Waals surface area contributed by atoms with Gasteiger partial charge in [-0.05, 0) is 44.4 Å². The molecule has 1 saturated carbocycles. The Kier molecular flexibility index (Phi) is 4.46. The standard InChI is InChI=1S/C14H21FN2O2S/c1-10(2)17(3)20(18,19)14-8-12(15)5-4-11(14)9-16-13-6-7-13/h4-5,8,10,13,16H,6-7,9H2,1-3H3. The van der Waals surface area contributed by atoms with Crippen molar-refractivity contribution in [2.75, 3.05) is 7.05 Å². The van der Waals surface area contributed by atoms with E-state index in [1.807, 2.05) is 0 Å². The minimum atomic E-state index is -3.67. The molecular weight excluding hydrogens is 279 g/mol. The number of halogens is 1. The molecule has 112 valence electrons. The van der Waals surface area contributed by atoms with Crippen molar-refractivity contribution in [3.63, 3.8) is 0 Å². The zero-order valence-corrected chi connectivity index (χ0v) is 12.9. The van der Waals surface area contributed by atoms with Gasteiger partial charge >= 0.3 is 0 Å². The van der Waals surface area contributed by atoms with Crippen LogP contribution in [-0.4, -0.2) is 31.9 Å². The summed E-state index contributed by atoms with van der Waals surface area (Å²) in [4.78, 5) is 0.0573. The summed E-state index contributed by atoms with van der Waals surface area (Å²) in [6.07, 6.45) is 2.24. The van der Waals surface area contributed by atoms with Crippen LogP contribution in [0, 0.1) is 5.82 Å². The van der Waals surface area contributed by atoms with E-state index in [0.29, 0.717) is 18.2 Å². The second-order valence-corrected chi connectivity index (χ2v) is 7.49. The molecule has 1 N–H and O–H groups in total. The monoisotopic (exact) mass is 300 g/mol. The summed E-state index contributed by atoms with van der Waals surface area (Å²) in [7, 11) is -2.15. The van der Waals surface area contributed by atoms with E-state index in [1.165, 1.54) is 17.4 Å². The van der Waals surface area contributed by atoms with Gasteiger partial charge in [0.25, 0.3) is 0 Å². The van der Waals surface area contributed by atoms with Crippen LogP contribution in [0.5, 0.6) is 0 Å². The molecule has 0 spiro atoms. The third-order valence-electron chi connectivity index (χ3n) is 3.57. The van der Waals surface area contributed by atoms with Gasteiger partial charge in [0.15, 0.2) is 0 Å². The van der Waals surface area contributed by atoms with E-state index in [9.17, 15) is 12.8 Å². The first kappa shape index (κ1) is 15.4. The quantitative estimate of drug-likeness (QED) is 0.875. The van der Waals surface area contributed by atoms with Crippen molar-refractivity contribution in [1.29, 1.82) is 0 Å². The van der Waals surface area contributed by atoms with Gasteiger partial charge in [-0.15, -0.1) is 0 Å². The number of hydrogen-bond acceptors (Lipinski definition) is 3. The van der Waals surface area contributed by atoms with E-state index in [4.69, 9.17) is 0 Å². The first-order valence-electron chi connectivity index (χ1n) is 6.82. The van der Waals surface area contributed by atoms with E-state index >= 15 is 0 Å². The second-order valence-electron chi connectivity index (χ2n) is 5.52. The molecule has 0 heterocycles. The molecule has 4 nitrogen and oxygen atoms in total. The van der Waals surface area contributed by atoms with Gasteiger partial charge in [-0.25, -0.2) is 12.8 Å². The highest BCUT2D eigenvalue weighted by Crippen LogP contribution is 2.24. The van der Waals surface area contributed by atoms with Crippen LogP contribution >= 0.6 is 0 Å². The topological polar surface area (TPSA) is 49.4 Å². The third kappa shape index (κ3) is 3.37. The van der Waals surface area contributed by atoms with Crippen LogP contribution in [0.2, 0.25) is 0 Å². The van der Waals surface area contributed by atoms with Gasteiger partial charge in [-0.3, -0.25) is 0 Å². The molecule has 0 bridgehead atoms. The van der Waals surface area contributed by atoms with E-state index in [1.54, 1.807) is 19.9 Å². The molecule has 0 unspecified atom stereocenters. The van der Waals surface area contributed by atoms with Gasteiger partial charge in [-0.1, -0.05) is 6.07 Å². The lowest BCUT2D eigenvalue weighted by Gasteiger charge is -2.22. The van der Waals surface area contributed by atoms with Gasteiger partial charge in [0.2, 0.25) is 10.0 Å². The van der Waals surface area contributed by atoms with Crippen LogP contribution in [0.3, 0.4) is 0 Å². The first-order valence-corrected chi connectivity index (χ1v) is 8.26. The van der Waals surface area contributed by atoms with Crippen molar-refractivity contribution >= 4 is 10.0 Å². The zero-order valence-electron chi connectivity index (χ0n) is 12.1. The van der Waals surface area contributed by atoms with Crippen molar-refractivity contribution in [2.24, 2.45) is 0 Å². The molecular formula is C14H21FN2O2S. The summed E-state index contributed by atoms with van der Waals surface area (Å²) < 4.78 is 39.8. The Bertz CT molecular complexity index is 583. The molecule has 1 aromatic rings. The molecule has 6 heteroatoms. The Hall–Kier alpha value is -0.980. The van der Waals surface area contributed by atoms with E-state index in [-0.39, 0.29) is 10.9 Å². The van der Waals surface area contributed by atoms with Crippen LogP contribution in [0.25, 0.3) is 0 Å². The maximum absolute atomic E-state index is 13.4. The average Bonchev–Trinajstić information content (AvgIpc) is 3.20. The third-order valence-corrected chi connectivity index (χ3v) is 5.69. The summed E-state index contributed by atoms with van der Waals surface area (Å²) in [5, 5.41) is 3.27. The van der Waals surface area contributed by atoms with Crippen LogP contribution in [0.1, 0.15) is 32.3 Å².